The third-order valence-electron chi connectivity index (χ3n) is 3.86. The van der Waals surface area contributed by atoms with Crippen molar-refractivity contribution in [1.82, 2.24) is 14.1 Å². The number of nitrogens with zero attached hydrogens (tertiary/aromatic N) is 3. The van der Waals surface area contributed by atoms with Crippen LogP contribution in [-0.4, -0.2) is 35.5 Å². The molecule has 1 aromatic carbocycles. The fourth-order valence-electron chi connectivity index (χ4n) is 2.41. The van der Waals surface area contributed by atoms with Crippen LogP contribution in [0.2, 0.25) is 0 Å². The third kappa shape index (κ3) is 3.55. The molecule has 3 aromatic rings. The van der Waals surface area contributed by atoms with E-state index in [-0.39, 0.29) is 16.3 Å². The molecule has 0 atom stereocenters. The fraction of sp³-hybridized carbons (Fsp3) is 0.176. The molecular weight excluding hydrogens is 372 g/mol. The number of aromatic nitrogens is 2. The van der Waals surface area contributed by atoms with Crippen molar-refractivity contribution in [1.29, 1.82) is 0 Å². The zero-order chi connectivity index (χ0) is 18.9. The van der Waals surface area contributed by atoms with E-state index >= 15 is 0 Å². The molecule has 9 heteroatoms. The number of primary amides is 1. The van der Waals surface area contributed by atoms with Gasteiger partial charge < -0.3 is 5.73 Å². The molecule has 7 nitrogen and oxygen atoms in total. The summed E-state index contributed by atoms with van der Waals surface area (Å²) in [7, 11) is -2.26. The van der Waals surface area contributed by atoms with Crippen LogP contribution in [0.25, 0.3) is 5.00 Å². The van der Waals surface area contributed by atoms with E-state index in [1.165, 1.54) is 22.1 Å². The molecular formula is C17H18N4O3S2. The highest BCUT2D eigenvalue weighted by atomic mass is 32.2. The molecule has 0 fully saturated rings. The second-order valence-corrected chi connectivity index (χ2v) is 9.15. The minimum Gasteiger partial charge on any atom is -0.366 e. The van der Waals surface area contributed by atoms with Crippen LogP contribution in [0.15, 0.2) is 53.0 Å². The maximum Gasteiger partial charge on any atom is 0.252 e. The first-order valence-electron chi connectivity index (χ1n) is 7.74. The first-order chi connectivity index (χ1) is 12.3. The molecule has 3 rings (SSSR count). The lowest BCUT2D eigenvalue weighted by Gasteiger charge is -2.16. The summed E-state index contributed by atoms with van der Waals surface area (Å²) in [6.45, 7) is 2.20. The average molecular weight is 390 g/mol. The Bertz CT molecular complexity index is 1020. The summed E-state index contributed by atoms with van der Waals surface area (Å²) in [5, 5.41) is 4.44. The number of carbonyl (C=O) groups excluding carboxylic acids is 1. The van der Waals surface area contributed by atoms with Crippen molar-refractivity contribution in [2.24, 2.45) is 5.73 Å². The molecule has 0 spiro atoms. The molecule has 0 radical (unpaired) electrons. The van der Waals surface area contributed by atoms with Crippen LogP contribution in [0.1, 0.15) is 21.5 Å². The number of amides is 1. The summed E-state index contributed by atoms with van der Waals surface area (Å²) in [4.78, 5) is 11.7. The van der Waals surface area contributed by atoms with Gasteiger partial charge in [0, 0.05) is 26.0 Å². The quantitative estimate of drug-likeness (QED) is 0.697. The van der Waals surface area contributed by atoms with Crippen LogP contribution >= 0.6 is 11.3 Å². The lowest BCUT2D eigenvalue weighted by molar-refractivity contribution is 0.100. The van der Waals surface area contributed by atoms with Gasteiger partial charge in [-0.3, -0.25) is 4.79 Å². The standard InChI is InChI=1S/C17H18N4O3S2/c1-12-4-6-13(7-5-12)11-20(2)26(23,24)15-10-14(16(18)22)17(25-15)21-9-3-8-19-21/h3-10H,11H2,1-2H3,(H2,18,22). The highest BCUT2D eigenvalue weighted by Gasteiger charge is 2.27. The minimum absolute atomic E-state index is 0.0476. The first kappa shape index (κ1) is 18.3. The zero-order valence-corrected chi connectivity index (χ0v) is 15.9. The van der Waals surface area contributed by atoms with E-state index in [1.807, 2.05) is 31.2 Å². The fourth-order valence-corrected chi connectivity index (χ4v) is 5.18. The van der Waals surface area contributed by atoms with Crippen molar-refractivity contribution >= 4 is 27.3 Å². The second-order valence-electron chi connectivity index (χ2n) is 5.85. The van der Waals surface area contributed by atoms with Crippen molar-refractivity contribution in [2.75, 3.05) is 7.05 Å². The van der Waals surface area contributed by atoms with Crippen LogP contribution in [0.3, 0.4) is 0 Å². The summed E-state index contributed by atoms with van der Waals surface area (Å²) in [5.41, 5.74) is 7.51. The van der Waals surface area contributed by atoms with E-state index < -0.39 is 15.9 Å². The number of hydrogen-bond acceptors (Lipinski definition) is 5. The Hall–Kier alpha value is -2.49. The van der Waals surface area contributed by atoms with E-state index in [9.17, 15) is 13.2 Å². The number of sulfonamides is 1. The topological polar surface area (TPSA) is 98.3 Å². The molecule has 0 unspecified atom stereocenters. The maximum absolute atomic E-state index is 12.9. The van der Waals surface area contributed by atoms with Gasteiger partial charge in [-0.1, -0.05) is 29.8 Å². The van der Waals surface area contributed by atoms with Gasteiger partial charge in [0.1, 0.15) is 9.21 Å². The van der Waals surface area contributed by atoms with Crippen LogP contribution in [0, 0.1) is 6.92 Å². The smallest absolute Gasteiger partial charge is 0.252 e. The van der Waals surface area contributed by atoms with Gasteiger partial charge >= 0.3 is 0 Å². The van der Waals surface area contributed by atoms with Gasteiger partial charge in [0.2, 0.25) is 0 Å². The number of carbonyl (C=O) groups is 1. The minimum atomic E-state index is -3.77. The summed E-state index contributed by atoms with van der Waals surface area (Å²) in [6, 6.07) is 10.6. The predicted molar refractivity (Wildman–Crippen MR) is 99.8 cm³/mol. The van der Waals surface area contributed by atoms with E-state index in [2.05, 4.69) is 5.10 Å². The van der Waals surface area contributed by atoms with Gasteiger partial charge in [0.05, 0.1) is 5.56 Å². The highest BCUT2D eigenvalue weighted by molar-refractivity contribution is 7.91. The van der Waals surface area contributed by atoms with Gasteiger partial charge in [-0.05, 0) is 24.6 Å². The van der Waals surface area contributed by atoms with Crippen molar-refractivity contribution in [3.05, 3.63) is 65.5 Å². The van der Waals surface area contributed by atoms with Crippen LogP contribution in [0.5, 0.6) is 0 Å². The Labute approximate surface area is 155 Å². The van der Waals surface area contributed by atoms with Crippen molar-refractivity contribution < 1.29 is 13.2 Å². The molecule has 2 N–H and O–H groups in total. The lowest BCUT2D eigenvalue weighted by Crippen LogP contribution is -2.25. The maximum atomic E-state index is 12.9. The van der Waals surface area contributed by atoms with Crippen LogP contribution in [0.4, 0.5) is 0 Å². The lowest BCUT2D eigenvalue weighted by atomic mass is 10.1. The number of thiophene rings is 1. The normalized spacial score (nSPS) is 11.8. The number of aryl methyl sites for hydroxylation is 1. The molecule has 0 aliphatic carbocycles. The summed E-state index contributed by atoms with van der Waals surface area (Å²) in [6.07, 6.45) is 3.17. The predicted octanol–water partition coefficient (Wildman–Crippen LogP) is 2.16. The van der Waals surface area contributed by atoms with Gasteiger partial charge in [0.25, 0.3) is 15.9 Å². The number of hydrogen-bond donors (Lipinski definition) is 1. The molecule has 0 saturated carbocycles. The Morgan fingerprint density at radius 3 is 2.58 bits per heavy atom. The third-order valence-corrected chi connectivity index (χ3v) is 7.24. The highest BCUT2D eigenvalue weighted by Crippen LogP contribution is 2.31. The summed E-state index contributed by atoms with van der Waals surface area (Å²) in [5.74, 6) is -0.700. The Morgan fingerprint density at radius 2 is 2.00 bits per heavy atom. The molecule has 2 aromatic heterocycles. The molecule has 0 bridgehead atoms. The molecule has 1 amide bonds. The molecule has 0 aliphatic rings. The average Bonchev–Trinajstić information content (AvgIpc) is 3.26. The Kier molecular flexibility index (Phi) is 4.94. The number of rotatable bonds is 6. The molecule has 0 aliphatic heterocycles. The molecule has 136 valence electrons. The van der Waals surface area contributed by atoms with Crippen molar-refractivity contribution in [2.45, 2.75) is 17.7 Å². The zero-order valence-electron chi connectivity index (χ0n) is 14.3. The van der Waals surface area contributed by atoms with Gasteiger partial charge in [-0.2, -0.15) is 9.40 Å². The van der Waals surface area contributed by atoms with Gasteiger partial charge in [-0.25, -0.2) is 13.1 Å². The van der Waals surface area contributed by atoms with Gasteiger partial charge in [0.15, 0.2) is 0 Å². The van der Waals surface area contributed by atoms with E-state index in [1.54, 1.807) is 18.5 Å². The molecule has 2 heterocycles. The van der Waals surface area contributed by atoms with Crippen molar-refractivity contribution in [3.8, 4) is 5.00 Å². The van der Waals surface area contributed by atoms with E-state index in [4.69, 9.17) is 5.73 Å². The second kappa shape index (κ2) is 7.02. The largest absolute Gasteiger partial charge is 0.366 e. The Morgan fingerprint density at radius 1 is 1.31 bits per heavy atom. The van der Waals surface area contributed by atoms with Crippen molar-refractivity contribution in [3.63, 3.8) is 0 Å². The van der Waals surface area contributed by atoms with Crippen LogP contribution < -0.4 is 5.73 Å². The molecule has 0 saturated heterocycles. The SMILES string of the molecule is Cc1ccc(CN(C)S(=O)(=O)c2cc(C(N)=O)c(-n3cccn3)s2)cc1. The van der Waals surface area contributed by atoms with E-state index in [0.717, 1.165) is 22.5 Å². The summed E-state index contributed by atoms with van der Waals surface area (Å²) >= 11 is 0.964. The van der Waals surface area contributed by atoms with E-state index in [0.29, 0.717) is 5.00 Å². The summed E-state index contributed by atoms with van der Waals surface area (Å²) < 4.78 is 28.6. The van der Waals surface area contributed by atoms with Gasteiger partial charge in [-0.15, -0.1) is 11.3 Å². The molecule has 26 heavy (non-hydrogen) atoms. The monoisotopic (exact) mass is 390 g/mol. The Balaban J connectivity index is 1.95. The first-order valence-corrected chi connectivity index (χ1v) is 10.0. The number of nitrogens with two attached hydrogens (primary N) is 1. The van der Waals surface area contributed by atoms with Crippen LogP contribution in [-0.2, 0) is 16.6 Å². The number of benzene rings is 1.